The van der Waals surface area contributed by atoms with Crippen LogP contribution >= 0.6 is 0 Å². The number of piperidine rings is 1. The number of carboxylic acids is 1. The van der Waals surface area contributed by atoms with Crippen LogP contribution in [0.2, 0.25) is 0 Å². The molecular formula is C20H25F3N2O6. The molecule has 0 aliphatic carbocycles. The summed E-state index contributed by atoms with van der Waals surface area (Å²) in [6.07, 6.45) is -3.06. The average Bonchev–Trinajstić information content (AvgIpc) is 3.20. The van der Waals surface area contributed by atoms with Gasteiger partial charge in [0.05, 0.1) is 6.10 Å². The summed E-state index contributed by atoms with van der Waals surface area (Å²) in [6.45, 7) is 3.76. The maximum Gasteiger partial charge on any atom is 0.490 e. The molecule has 0 radical (unpaired) electrons. The SMILES string of the molecule is CNC(=O)[C@@H]1CCO[C@@H]2CCN(Cc3ccc4c(c3)OCO4)C[C@H]21.O=C(O)C(F)(F)F. The van der Waals surface area contributed by atoms with Gasteiger partial charge in [-0.15, -0.1) is 0 Å². The van der Waals surface area contributed by atoms with Crippen LogP contribution in [0, 0.1) is 11.8 Å². The average molecular weight is 446 g/mol. The van der Waals surface area contributed by atoms with E-state index in [4.69, 9.17) is 24.1 Å². The Kier molecular flexibility index (Phi) is 7.26. The Balaban J connectivity index is 0.000000339. The van der Waals surface area contributed by atoms with Gasteiger partial charge in [0.15, 0.2) is 11.5 Å². The third-order valence-corrected chi connectivity index (χ3v) is 5.62. The minimum absolute atomic E-state index is 0.0632. The van der Waals surface area contributed by atoms with E-state index >= 15 is 0 Å². The van der Waals surface area contributed by atoms with E-state index < -0.39 is 12.1 Å². The lowest BCUT2D eigenvalue weighted by Gasteiger charge is -2.44. The fourth-order valence-electron chi connectivity index (χ4n) is 4.14. The van der Waals surface area contributed by atoms with Gasteiger partial charge in [0.1, 0.15) is 0 Å². The fraction of sp³-hybridized carbons (Fsp3) is 0.600. The summed E-state index contributed by atoms with van der Waals surface area (Å²) >= 11 is 0. The molecule has 1 aromatic carbocycles. The second-order valence-electron chi connectivity index (χ2n) is 7.60. The maximum absolute atomic E-state index is 12.2. The van der Waals surface area contributed by atoms with Crippen LogP contribution in [0.3, 0.4) is 0 Å². The van der Waals surface area contributed by atoms with Gasteiger partial charge in [-0.1, -0.05) is 6.07 Å². The van der Waals surface area contributed by atoms with Crippen molar-refractivity contribution in [2.24, 2.45) is 11.8 Å². The highest BCUT2D eigenvalue weighted by Gasteiger charge is 2.41. The zero-order valence-corrected chi connectivity index (χ0v) is 17.0. The number of fused-ring (bicyclic) bond motifs is 2. The first-order valence-electron chi connectivity index (χ1n) is 9.93. The molecule has 0 aromatic heterocycles. The predicted molar refractivity (Wildman–Crippen MR) is 102 cm³/mol. The molecule has 31 heavy (non-hydrogen) atoms. The van der Waals surface area contributed by atoms with Crippen molar-refractivity contribution in [2.75, 3.05) is 33.5 Å². The summed E-state index contributed by atoms with van der Waals surface area (Å²) in [5, 5.41) is 9.94. The Morgan fingerprint density at radius 1 is 1.23 bits per heavy atom. The molecule has 3 atom stereocenters. The summed E-state index contributed by atoms with van der Waals surface area (Å²) in [7, 11) is 1.72. The van der Waals surface area contributed by atoms with Crippen LogP contribution in [-0.2, 0) is 20.9 Å². The van der Waals surface area contributed by atoms with E-state index in [-0.39, 0.29) is 23.8 Å². The number of nitrogens with one attached hydrogen (secondary N) is 1. The van der Waals surface area contributed by atoms with Gasteiger partial charge in [-0.2, -0.15) is 13.2 Å². The zero-order valence-electron chi connectivity index (χ0n) is 17.0. The number of likely N-dealkylation sites (tertiary alicyclic amines) is 1. The summed E-state index contributed by atoms with van der Waals surface area (Å²) in [6, 6.07) is 6.12. The smallest absolute Gasteiger partial charge is 0.475 e. The number of halogens is 3. The van der Waals surface area contributed by atoms with Crippen molar-refractivity contribution >= 4 is 11.9 Å². The predicted octanol–water partition coefficient (Wildman–Crippen LogP) is 2.02. The van der Waals surface area contributed by atoms with E-state index in [0.29, 0.717) is 13.4 Å². The van der Waals surface area contributed by atoms with E-state index in [0.717, 1.165) is 44.0 Å². The van der Waals surface area contributed by atoms with Crippen molar-refractivity contribution in [2.45, 2.75) is 31.7 Å². The number of nitrogens with zero attached hydrogens (tertiary/aromatic N) is 1. The Hall–Kier alpha value is -2.53. The summed E-state index contributed by atoms with van der Waals surface area (Å²) in [5.74, 6) is -0.620. The molecule has 1 aromatic rings. The third-order valence-electron chi connectivity index (χ3n) is 5.62. The molecular weight excluding hydrogens is 421 g/mol. The van der Waals surface area contributed by atoms with Crippen LogP contribution < -0.4 is 14.8 Å². The van der Waals surface area contributed by atoms with Gasteiger partial charge in [-0.25, -0.2) is 4.79 Å². The number of hydrogen-bond acceptors (Lipinski definition) is 6. The van der Waals surface area contributed by atoms with E-state index in [1.807, 2.05) is 6.07 Å². The standard InChI is InChI=1S/C18H24N2O4.C2HF3O2/c1-19-18(21)13-5-7-22-15-4-6-20(10-14(13)15)9-12-2-3-16-17(8-12)24-11-23-16;3-2(4,5)1(6)7/h2-3,8,13-15H,4-7,9-11H2,1H3,(H,19,21);(H,6,7)/t13-,14+,15-;/m1./s1. The molecule has 2 saturated heterocycles. The molecule has 4 rings (SSSR count). The summed E-state index contributed by atoms with van der Waals surface area (Å²) in [4.78, 5) is 23.5. The van der Waals surface area contributed by atoms with Crippen LogP contribution in [-0.4, -0.2) is 67.7 Å². The largest absolute Gasteiger partial charge is 0.490 e. The molecule has 0 bridgehead atoms. The quantitative estimate of drug-likeness (QED) is 0.733. The molecule has 172 valence electrons. The van der Waals surface area contributed by atoms with Crippen LogP contribution in [0.5, 0.6) is 11.5 Å². The van der Waals surface area contributed by atoms with E-state index in [1.165, 1.54) is 5.56 Å². The molecule has 11 heteroatoms. The van der Waals surface area contributed by atoms with Crippen molar-refractivity contribution in [3.63, 3.8) is 0 Å². The van der Waals surface area contributed by atoms with Crippen molar-refractivity contribution < 1.29 is 42.1 Å². The Morgan fingerprint density at radius 3 is 2.61 bits per heavy atom. The van der Waals surface area contributed by atoms with Crippen LogP contribution in [0.15, 0.2) is 18.2 Å². The minimum Gasteiger partial charge on any atom is -0.475 e. The van der Waals surface area contributed by atoms with Crippen LogP contribution in [0.25, 0.3) is 0 Å². The molecule has 3 aliphatic rings. The van der Waals surface area contributed by atoms with Crippen molar-refractivity contribution in [1.29, 1.82) is 0 Å². The molecule has 2 fully saturated rings. The second kappa shape index (κ2) is 9.73. The van der Waals surface area contributed by atoms with E-state index in [1.54, 1.807) is 7.05 Å². The highest BCUT2D eigenvalue weighted by Crippen LogP contribution is 2.35. The number of carbonyl (C=O) groups excluding carboxylic acids is 1. The molecule has 3 heterocycles. The van der Waals surface area contributed by atoms with Crippen LogP contribution in [0.4, 0.5) is 13.2 Å². The maximum atomic E-state index is 12.2. The minimum atomic E-state index is -5.08. The summed E-state index contributed by atoms with van der Waals surface area (Å²) in [5.41, 5.74) is 1.21. The van der Waals surface area contributed by atoms with Gasteiger partial charge >= 0.3 is 12.1 Å². The number of carbonyl (C=O) groups is 2. The Morgan fingerprint density at radius 2 is 1.94 bits per heavy atom. The Labute approximate surface area is 177 Å². The molecule has 8 nitrogen and oxygen atoms in total. The fourth-order valence-corrected chi connectivity index (χ4v) is 4.14. The Bertz CT molecular complexity index is 804. The van der Waals surface area contributed by atoms with E-state index in [9.17, 15) is 18.0 Å². The number of amides is 1. The molecule has 2 N–H and O–H groups in total. The van der Waals surface area contributed by atoms with Crippen molar-refractivity contribution in [3.05, 3.63) is 23.8 Å². The summed E-state index contributed by atoms with van der Waals surface area (Å²) < 4.78 is 48.5. The highest BCUT2D eigenvalue weighted by molar-refractivity contribution is 5.78. The van der Waals surface area contributed by atoms with Gasteiger partial charge in [-0.05, 0) is 30.5 Å². The number of hydrogen-bond donors (Lipinski definition) is 2. The number of alkyl halides is 3. The highest BCUT2D eigenvalue weighted by atomic mass is 19.4. The molecule has 3 aliphatic heterocycles. The monoisotopic (exact) mass is 446 g/mol. The van der Waals surface area contributed by atoms with Crippen molar-refractivity contribution in [3.8, 4) is 11.5 Å². The first kappa shape index (κ1) is 23.1. The normalized spacial score (nSPS) is 25.1. The van der Waals surface area contributed by atoms with Gasteiger partial charge < -0.3 is 24.6 Å². The zero-order chi connectivity index (χ0) is 22.6. The van der Waals surface area contributed by atoms with E-state index in [2.05, 4.69) is 22.3 Å². The lowest BCUT2D eigenvalue weighted by atomic mass is 9.79. The van der Waals surface area contributed by atoms with Gasteiger partial charge in [0.2, 0.25) is 12.7 Å². The number of rotatable bonds is 3. The number of aliphatic carboxylic acids is 1. The van der Waals surface area contributed by atoms with Crippen molar-refractivity contribution in [1.82, 2.24) is 10.2 Å². The second-order valence-corrected chi connectivity index (χ2v) is 7.60. The first-order valence-corrected chi connectivity index (χ1v) is 9.93. The molecule has 1 amide bonds. The number of carboxylic acid groups (broad SMARTS) is 1. The number of ether oxygens (including phenoxy) is 3. The lowest BCUT2D eigenvalue weighted by Crippen LogP contribution is -2.52. The molecule has 0 saturated carbocycles. The van der Waals surface area contributed by atoms with Gasteiger partial charge in [-0.3, -0.25) is 9.69 Å². The topological polar surface area (TPSA) is 97.3 Å². The number of benzene rings is 1. The van der Waals surface area contributed by atoms with Gasteiger partial charge in [0, 0.05) is 45.1 Å². The molecule has 0 spiro atoms. The van der Waals surface area contributed by atoms with Crippen LogP contribution in [0.1, 0.15) is 18.4 Å². The van der Waals surface area contributed by atoms with Gasteiger partial charge in [0.25, 0.3) is 0 Å². The first-order chi connectivity index (χ1) is 14.7. The lowest BCUT2D eigenvalue weighted by molar-refractivity contribution is -0.192. The third kappa shape index (κ3) is 5.79. The molecule has 0 unspecified atom stereocenters.